The predicted octanol–water partition coefficient (Wildman–Crippen LogP) is 1.53. The summed E-state index contributed by atoms with van der Waals surface area (Å²) in [6, 6.07) is 3.50. The molecule has 3 aromatic heterocycles. The first-order valence-corrected chi connectivity index (χ1v) is 6.46. The lowest BCUT2D eigenvalue weighted by Crippen LogP contribution is -2.10. The zero-order valence-electron chi connectivity index (χ0n) is 12.3. The Morgan fingerprint density at radius 2 is 2.00 bits per heavy atom. The molecule has 0 amide bonds. The number of hydrogen-bond acceptors (Lipinski definition) is 5. The Hall–Kier alpha value is -2.70. The molecule has 3 rings (SSSR count). The van der Waals surface area contributed by atoms with Crippen LogP contribution in [-0.2, 0) is 11.8 Å². The molecule has 7 heteroatoms. The first-order chi connectivity index (χ1) is 9.99. The van der Waals surface area contributed by atoms with Crippen molar-refractivity contribution in [1.82, 2.24) is 24.4 Å². The smallest absolute Gasteiger partial charge is 0.356 e. The molecular formula is C14H15N5O2. The van der Waals surface area contributed by atoms with Crippen LogP contribution in [0.4, 0.5) is 0 Å². The Kier molecular flexibility index (Phi) is 2.97. The molecule has 3 heterocycles. The molecule has 0 radical (unpaired) electrons. The van der Waals surface area contributed by atoms with Crippen LogP contribution in [0.25, 0.3) is 16.9 Å². The summed E-state index contributed by atoms with van der Waals surface area (Å²) in [5, 5.41) is 8.58. The van der Waals surface area contributed by atoms with Crippen molar-refractivity contribution in [2.24, 2.45) is 7.05 Å². The summed E-state index contributed by atoms with van der Waals surface area (Å²) < 4.78 is 8.05. The molecule has 0 bridgehead atoms. The van der Waals surface area contributed by atoms with Gasteiger partial charge in [-0.15, -0.1) is 0 Å². The van der Waals surface area contributed by atoms with E-state index in [-0.39, 0.29) is 0 Å². The van der Waals surface area contributed by atoms with Crippen LogP contribution in [0.3, 0.4) is 0 Å². The number of aryl methyl sites for hydroxylation is 3. The average Bonchev–Trinajstić information content (AvgIpc) is 2.97. The van der Waals surface area contributed by atoms with Gasteiger partial charge >= 0.3 is 5.97 Å². The zero-order valence-corrected chi connectivity index (χ0v) is 12.3. The number of aromatic nitrogens is 5. The SMILES string of the molecule is COC(=O)c1cc(-c2cn(C)nc2C)nc2cc(C)nn12. The monoisotopic (exact) mass is 285 g/mol. The molecule has 0 saturated heterocycles. The third-order valence-electron chi connectivity index (χ3n) is 3.23. The third-order valence-corrected chi connectivity index (χ3v) is 3.23. The standard InChI is InChI=1S/C14H15N5O2/c1-8-5-13-15-11(10-7-18(3)17-9(10)2)6-12(14(20)21-4)19(13)16-8/h5-7H,1-4H3. The van der Waals surface area contributed by atoms with Crippen LogP contribution in [0.2, 0.25) is 0 Å². The number of hydrogen-bond donors (Lipinski definition) is 0. The Bertz CT molecular complexity index is 847. The first kappa shape index (κ1) is 13.3. The number of carbonyl (C=O) groups excluding carboxylic acids is 1. The quantitative estimate of drug-likeness (QED) is 0.668. The minimum atomic E-state index is -0.451. The highest BCUT2D eigenvalue weighted by Crippen LogP contribution is 2.23. The number of carbonyl (C=O) groups is 1. The van der Waals surface area contributed by atoms with E-state index in [2.05, 4.69) is 15.2 Å². The van der Waals surface area contributed by atoms with Gasteiger partial charge in [0.05, 0.1) is 24.2 Å². The van der Waals surface area contributed by atoms with Gasteiger partial charge in [-0.1, -0.05) is 0 Å². The molecule has 0 aromatic carbocycles. The molecule has 3 aromatic rings. The number of esters is 1. The lowest BCUT2D eigenvalue weighted by atomic mass is 10.1. The highest BCUT2D eigenvalue weighted by atomic mass is 16.5. The van der Waals surface area contributed by atoms with Crippen molar-refractivity contribution in [3.8, 4) is 11.3 Å². The number of methoxy groups -OCH3 is 1. The minimum absolute atomic E-state index is 0.342. The molecule has 7 nitrogen and oxygen atoms in total. The van der Waals surface area contributed by atoms with Crippen LogP contribution in [-0.4, -0.2) is 37.5 Å². The molecule has 0 aliphatic heterocycles. The molecule has 0 spiro atoms. The van der Waals surface area contributed by atoms with Gasteiger partial charge in [0.2, 0.25) is 0 Å². The van der Waals surface area contributed by atoms with E-state index in [1.54, 1.807) is 10.7 Å². The van der Waals surface area contributed by atoms with Crippen LogP contribution in [0.15, 0.2) is 18.3 Å². The summed E-state index contributed by atoms with van der Waals surface area (Å²) in [5.41, 5.74) is 4.13. The van der Waals surface area contributed by atoms with Crippen molar-refractivity contribution in [3.05, 3.63) is 35.4 Å². The fourth-order valence-electron chi connectivity index (χ4n) is 2.33. The summed E-state index contributed by atoms with van der Waals surface area (Å²) in [7, 11) is 3.19. The number of ether oxygens (including phenoxy) is 1. The van der Waals surface area contributed by atoms with Gasteiger partial charge in [-0.3, -0.25) is 4.68 Å². The number of fused-ring (bicyclic) bond motifs is 1. The van der Waals surface area contributed by atoms with Crippen LogP contribution in [0, 0.1) is 13.8 Å². The van der Waals surface area contributed by atoms with Gasteiger partial charge in [0, 0.05) is 24.9 Å². The summed E-state index contributed by atoms with van der Waals surface area (Å²) in [6.45, 7) is 3.76. The van der Waals surface area contributed by atoms with Crippen LogP contribution >= 0.6 is 0 Å². The van der Waals surface area contributed by atoms with Crippen molar-refractivity contribution in [1.29, 1.82) is 0 Å². The van der Waals surface area contributed by atoms with Crippen LogP contribution in [0.5, 0.6) is 0 Å². The highest BCUT2D eigenvalue weighted by Gasteiger charge is 2.17. The second-order valence-electron chi connectivity index (χ2n) is 4.88. The molecule has 0 saturated carbocycles. The second-order valence-corrected chi connectivity index (χ2v) is 4.88. The van der Waals surface area contributed by atoms with Gasteiger partial charge < -0.3 is 4.74 Å². The van der Waals surface area contributed by atoms with Gasteiger partial charge in [0.1, 0.15) is 0 Å². The largest absolute Gasteiger partial charge is 0.464 e. The molecular weight excluding hydrogens is 270 g/mol. The van der Waals surface area contributed by atoms with Gasteiger partial charge in [-0.05, 0) is 19.9 Å². The first-order valence-electron chi connectivity index (χ1n) is 6.46. The Morgan fingerprint density at radius 1 is 1.24 bits per heavy atom. The van der Waals surface area contributed by atoms with Crippen molar-refractivity contribution in [3.63, 3.8) is 0 Å². The van der Waals surface area contributed by atoms with E-state index in [4.69, 9.17) is 4.74 Å². The Morgan fingerprint density at radius 3 is 2.62 bits per heavy atom. The van der Waals surface area contributed by atoms with E-state index in [0.717, 1.165) is 17.0 Å². The van der Waals surface area contributed by atoms with Crippen molar-refractivity contribution < 1.29 is 9.53 Å². The summed E-state index contributed by atoms with van der Waals surface area (Å²) >= 11 is 0. The fraction of sp³-hybridized carbons (Fsp3) is 0.286. The van der Waals surface area contributed by atoms with E-state index in [0.29, 0.717) is 17.0 Å². The van der Waals surface area contributed by atoms with Gasteiger partial charge in [-0.2, -0.15) is 10.2 Å². The Balaban J connectivity index is 2.29. The highest BCUT2D eigenvalue weighted by molar-refractivity contribution is 5.89. The maximum Gasteiger partial charge on any atom is 0.356 e. The summed E-state index contributed by atoms with van der Waals surface area (Å²) in [6.07, 6.45) is 1.87. The van der Waals surface area contributed by atoms with Gasteiger partial charge in [0.25, 0.3) is 0 Å². The van der Waals surface area contributed by atoms with E-state index in [1.165, 1.54) is 11.6 Å². The van der Waals surface area contributed by atoms with Crippen molar-refractivity contribution in [2.45, 2.75) is 13.8 Å². The predicted molar refractivity (Wildman–Crippen MR) is 76.0 cm³/mol. The molecule has 0 atom stereocenters. The van der Waals surface area contributed by atoms with E-state index in [9.17, 15) is 4.79 Å². The number of nitrogens with zero attached hydrogens (tertiary/aromatic N) is 5. The minimum Gasteiger partial charge on any atom is -0.464 e. The second kappa shape index (κ2) is 4.69. The van der Waals surface area contributed by atoms with Gasteiger partial charge in [0.15, 0.2) is 11.3 Å². The maximum absolute atomic E-state index is 12.0. The Labute approximate surface area is 121 Å². The third kappa shape index (κ3) is 2.16. The van der Waals surface area contributed by atoms with E-state index < -0.39 is 5.97 Å². The van der Waals surface area contributed by atoms with Crippen molar-refractivity contribution in [2.75, 3.05) is 7.11 Å². The molecule has 0 fully saturated rings. The fourth-order valence-corrected chi connectivity index (χ4v) is 2.33. The zero-order chi connectivity index (χ0) is 15.1. The molecule has 21 heavy (non-hydrogen) atoms. The van der Waals surface area contributed by atoms with Crippen LogP contribution < -0.4 is 0 Å². The lowest BCUT2D eigenvalue weighted by Gasteiger charge is -2.05. The van der Waals surface area contributed by atoms with Crippen molar-refractivity contribution >= 4 is 11.6 Å². The van der Waals surface area contributed by atoms with Crippen LogP contribution in [0.1, 0.15) is 21.9 Å². The van der Waals surface area contributed by atoms with E-state index >= 15 is 0 Å². The lowest BCUT2D eigenvalue weighted by molar-refractivity contribution is 0.0590. The number of rotatable bonds is 2. The van der Waals surface area contributed by atoms with Gasteiger partial charge in [-0.25, -0.2) is 14.3 Å². The molecule has 108 valence electrons. The molecule has 0 N–H and O–H groups in total. The normalized spacial score (nSPS) is 11.0. The maximum atomic E-state index is 12.0. The van der Waals surface area contributed by atoms with E-state index in [1.807, 2.05) is 33.2 Å². The summed E-state index contributed by atoms with van der Waals surface area (Å²) in [4.78, 5) is 16.5. The molecule has 0 aliphatic carbocycles. The summed E-state index contributed by atoms with van der Waals surface area (Å²) in [5.74, 6) is -0.451. The molecule has 0 unspecified atom stereocenters. The topological polar surface area (TPSA) is 74.3 Å². The average molecular weight is 285 g/mol. The molecule has 0 aliphatic rings.